The monoisotopic (exact) mass is 504 g/mol. The van der Waals surface area contributed by atoms with Crippen LogP contribution in [0.2, 0.25) is 10.0 Å². The van der Waals surface area contributed by atoms with Gasteiger partial charge in [-0.05, 0) is 54.4 Å². The number of nitrogens with one attached hydrogen (secondary N) is 1. The van der Waals surface area contributed by atoms with Gasteiger partial charge in [0.15, 0.2) is 0 Å². The number of carbonyl (C=O) groups is 2. The molecule has 0 fully saturated rings. The van der Waals surface area contributed by atoms with Crippen molar-refractivity contribution in [3.8, 4) is 16.9 Å². The minimum Gasteiger partial charge on any atom is -0.506 e. The van der Waals surface area contributed by atoms with E-state index < -0.39 is 0 Å². The Morgan fingerprint density at radius 1 is 0.886 bits per heavy atom. The lowest BCUT2D eigenvalue weighted by Crippen LogP contribution is -2.26. The molecule has 7 heteroatoms. The average molecular weight is 505 g/mol. The summed E-state index contributed by atoms with van der Waals surface area (Å²) >= 11 is 12.3. The highest BCUT2D eigenvalue weighted by Crippen LogP contribution is 2.32. The number of rotatable bonds is 5. The zero-order chi connectivity index (χ0) is 25.1. The molecule has 5 nitrogen and oxygen atoms in total. The molecule has 4 aromatic carbocycles. The minimum atomic E-state index is -0.382. The Balaban J connectivity index is 1.56. The number of benzene rings is 4. The van der Waals surface area contributed by atoms with Crippen molar-refractivity contribution >= 4 is 46.4 Å². The predicted octanol–water partition coefficient (Wildman–Crippen LogP) is 7.20. The van der Waals surface area contributed by atoms with Crippen LogP contribution in [-0.2, 0) is 0 Å². The van der Waals surface area contributed by atoms with Crippen molar-refractivity contribution in [2.75, 3.05) is 17.3 Å². The number of phenols is 1. The van der Waals surface area contributed by atoms with Gasteiger partial charge in [-0.25, -0.2) is 0 Å². The fraction of sp³-hybridized carbons (Fsp3) is 0.0714. The van der Waals surface area contributed by atoms with Crippen molar-refractivity contribution in [3.63, 3.8) is 0 Å². The molecule has 0 heterocycles. The number of amides is 2. The van der Waals surface area contributed by atoms with Crippen LogP contribution in [0.5, 0.6) is 5.75 Å². The summed E-state index contributed by atoms with van der Waals surface area (Å²) in [5.41, 5.74) is 4.35. The van der Waals surface area contributed by atoms with Crippen molar-refractivity contribution in [1.29, 1.82) is 0 Å². The van der Waals surface area contributed by atoms with Crippen LogP contribution in [0.3, 0.4) is 0 Å². The molecule has 2 amide bonds. The van der Waals surface area contributed by atoms with E-state index in [4.69, 9.17) is 23.2 Å². The number of hydrogen-bond acceptors (Lipinski definition) is 3. The lowest BCUT2D eigenvalue weighted by molar-refractivity contribution is 0.0991. The molecule has 0 aliphatic carbocycles. The van der Waals surface area contributed by atoms with Gasteiger partial charge in [-0.2, -0.15) is 0 Å². The SMILES string of the molecule is Cc1ccc(-c2ccccc2C(=O)Nc2ccc(C(=O)N(C)c3ccc(Cl)cc3O)cc2Cl)cc1. The van der Waals surface area contributed by atoms with E-state index in [1.807, 2.05) is 43.3 Å². The topological polar surface area (TPSA) is 69.6 Å². The molecule has 0 aromatic heterocycles. The molecule has 0 atom stereocenters. The second kappa shape index (κ2) is 10.2. The lowest BCUT2D eigenvalue weighted by atomic mass is 9.98. The Labute approximate surface area is 213 Å². The Bertz CT molecular complexity index is 1420. The Kier molecular flexibility index (Phi) is 7.10. The molecule has 4 aromatic rings. The second-order valence-electron chi connectivity index (χ2n) is 8.06. The molecule has 2 N–H and O–H groups in total. The van der Waals surface area contributed by atoms with Crippen LogP contribution >= 0.6 is 23.2 Å². The summed E-state index contributed by atoms with van der Waals surface area (Å²) in [7, 11) is 1.54. The van der Waals surface area contributed by atoms with E-state index in [9.17, 15) is 14.7 Å². The van der Waals surface area contributed by atoms with Crippen LogP contribution in [-0.4, -0.2) is 24.0 Å². The number of phenolic OH excluding ortho intramolecular Hbond substituents is 1. The van der Waals surface area contributed by atoms with Gasteiger partial charge < -0.3 is 15.3 Å². The van der Waals surface area contributed by atoms with Crippen molar-refractivity contribution in [1.82, 2.24) is 0 Å². The normalized spacial score (nSPS) is 10.6. The molecule has 4 rings (SSSR count). The molecular formula is C28H22Cl2N2O3. The van der Waals surface area contributed by atoms with E-state index in [-0.39, 0.29) is 22.6 Å². The third-order valence-electron chi connectivity index (χ3n) is 5.60. The van der Waals surface area contributed by atoms with Crippen molar-refractivity contribution in [2.45, 2.75) is 6.92 Å². The zero-order valence-electron chi connectivity index (χ0n) is 19.0. The Hall–Kier alpha value is -3.80. The van der Waals surface area contributed by atoms with E-state index in [0.717, 1.165) is 16.7 Å². The van der Waals surface area contributed by atoms with Gasteiger partial charge in [-0.3, -0.25) is 9.59 Å². The summed E-state index contributed by atoms with van der Waals surface area (Å²) in [6.07, 6.45) is 0. The van der Waals surface area contributed by atoms with Crippen LogP contribution in [0, 0.1) is 6.92 Å². The number of carbonyl (C=O) groups excluding carboxylic acids is 2. The molecule has 0 unspecified atom stereocenters. The molecule has 0 aliphatic heterocycles. The third kappa shape index (κ3) is 5.32. The number of aryl methyl sites for hydroxylation is 1. The fourth-order valence-corrected chi connectivity index (χ4v) is 4.08. The van der Waals surface area contributed by atoms with Gasteiger partial charge >= 0.3 is 0 Å². The molecule has 0 bridgehead atoms. The van der Waals surface area contributed by atoms with Crippen LogP contribution in [0.15, 0.2) is 84.9 Å². The van der Waals surface area contributed by atoms with Crippen molar-refractivity contribution in [2.24, 2.45) is 0 Å². The maximum absolute atomic E-state index is 13.1. The summed E-state index contributed by atoms with van der Waals surface area (Å²) in [5.74, 6) is -0.812. The third-order valence-corrected chi connectivity index (χ3v) is 6.15. The Morgan fingerprint density at radius 2 is 1.60 bits per heavy atom. The number of anilines is 2. The first-order chi connectivity index (χ1) is 16.7. The molecule has 0 saturated carbocycles. The van der Waals surface area contributed by atoms with Gasteiger partial charge in [0.25, 0.3) is 11.8 Å². The molecule has 0 saturated heterocycles. The van der Waals surface area contributed by atoms with Gasteiger partial charge in [0, 0.05) is 29.3 Å². The molecule has 0 spiro atoms. The van der Waals surface area contributed by atoms with Crippen molar-refractivity contribution in [3.05, 3.63) is 112 Å². The second-order valence-corrected chi connectivity index (χ2v) is 8.90. The average Bonchev–Trinajstić information content (AvgIpc) is 2.85. The standard InChI is InChI=1S/C28H22Cl2N2O3/c1-17-7-9-18(10-8-17)21-5-3-4-6-22(21)27(34)31-24-13-11-19(15-23(24)30)28(35)32(2)25-14-12-20(29)16-26(25)33/h3-16,33H,1-2H3,(H,31,34). The van der Waals surface area contributed by atoms with Gasteiger partial charge in [0.05, 0.1) is 16.4 Å². The van der Waals surface area contributed by atoms with Gasteiger partial charge in [0.1, 0.15) is 5.75 Å². The molecular weight excluding hydrogens is 483 g/mol. The van der Waals surface area contributed by atoms with E-state index >= 15 is 0 Å². The molecule has 0 aliphatic rings. The number of halogens is 2. The van der Waals surface area contributed by atoms with Gasteiger partial charge in [0.2, 0.25) is 0 Å². The summed E-state index contributed by atoms with van der Waals surface area (Å²) in [6, 6.07) is 24.4. The molecule has 0 radical (unpaired) electrons. The summed E-state index contributed by atoms with van der Waals surface area (Å²) < 4.78 is 0. The highest BCUT2D eigenvalue weighted by molar-refractivity contribution is 6.34. The summed E-state index contributed by atoms with van der Waals surface area (Å²) in [5, 5.41) is 13.5. The maximum Gasteiger partial charge on any atom is 0.258 e. The van der Waals surface area contributed by atoms with Crippen LogP contribution in [0.25, 0.3) is 11.1 Å². The Morgan fingerprint density at radius 3 is 2.29 bits per heavy atom. The largest absolute Gasteiger partial charge is 0.506 e. The fourth-order valence-electron chi connectivity index (χ4n) is 3.69. The van der Waals surface area contributed by atoms with Crippen LogP contribution < -0.4 is 10.2 Å². The van der Waals surface area contributed by atoms with E-state index in [0.29, 0.717) is 27.5 Å². The minimum absolute atomic E-state index is 0.115. The number of aromatic hydroxyl groups is 1. The quantitative estimate of drug-likeness (QED) is 0.301. The van der Waals surface area contributed by atoms with Gasteiger partial charge in [-0.15, -0.1) is 0 Å². The first kappa shape index (κ1) is 24.3. The lowest BCUT2D eigenvalue weighted by Gasteiger charge is -2.19. The number of hydrogen-bond donors (Lipinski definition) is 2. The molecule has 176 valence electrons. The predicted molar refractivity (Wildman–Crippen MR) is 142 cm³/mol. The van der Waals surface area contributed by atoms with E-state index in [1.54, 1.807) is 36.4 Å². The van der Waals surface area contributed by atoms with Crippen LogP contribution in [0.1, 0.15) is 26.3 Å². The molecule has 35 heavy (non-hydrogen) atoms. The maximum atomic E-state index is 13.1. The zero-order valence-corrected chi connectivity index (χ0v) is 20.6. The first-order valence-electron chi connectivity index (χ1n) is 10.8. The van der Waals surface area contributed by atoms with E-state index in [2.05, 4.69) is 5.32 Å². The smallest absolute Gasteiger partial charge is 0.258 e. The van der Waals surface area contributed by atoms with Crippen molar-refractivity contribution < 1.29 is 14.7 Å². The van der Waals surface area contributed by atoms with Crippen LogP contribution in [0.4, 0.5) is 11.4 Å². The first-order valence-corrected chi connectivity index (χ1v) is 11.5. The number of nitrogens with zero attached hydrogens (tertiary/aromatic N) is 1. The van der Waals surface area contributed by atoms with E-state index in [1.165, 1.54) is 24.1 Å². The highest BCUT2D eigenvalue weighted by Gasteiger charge is 2.19. The summed E-state index contributed by atoms with van der Waals surface area (Å²) in [4.78, 5) is 27.4. The summed E-state index contributed by atoms with van der Waals surface area (Å²) in [6.45, 7) is 2.01. The van der Waals surface area contributed by atoms with Gasteiger partial charge in [-0.1, -0.05) is 71.2 Å². The highest BCUT2D eigenvalue weighted by atomic mass is 35.5.